The molecule has 8 heteroatoms. The lowest BCUT2D eigenvalue weighted by molar-refractivity contribution is 0.477. The first-order valence-corrected chi connectivity index (χ1v) is 7.94. The van der Waals surface area contributed by atoms with Gasteiger partial charge in [0.25, 0.3) is 0 Å². The average Bonchev–Trinajstić information content (AvgIpc) is 2.41. The lowest BCUT2D eigenvalue weighted by Gasteiger charge is -2.09. The molecule has 0 aliphatic rings. The maximum Gasteiger partial charge on any atom is 0.159 e. The number of phenolic OH excluding ortho intramolecular Hbond substituents is 1. The van der Waals surface area contributed by atoms with Gasteiger partial charge in [0.15, 0.2) is 5.75 Å². The molecule has 1 heterocycles. The maximum absolute atomic E-state index is 10.1. The molecule has 0 radical (unpaired) electrons. The summed E-state index contributed by atoms with van der Waals surface area (Å²) in [4.78, 5) is 8.78. The molecule has 0 saturated heterocycles. The Morgan fingerprint density at radius 3 is 2.30 bits per heavy atom. The van der Waals surface area contributed by atoms with E-state index < -0.39 is 0 Å². The summed E-state index contributed by atoms with van der Waals surface area (Å²) in [5, 5.41) is 11.3. The van der Waals surface area contributed by atoms with Gasteiger partial charge in [0, 0.05) is 5.02 Å². The lowest BCUT2D eigenvalue weighted by atomic mass is 10.2. The first-order valence-electron chi connectivity index (χ1n) is 5.22. The van der Waals surface area contributed by atoms with Crippen LogP contribution in [-0.2, 0) is 0 Å². The second-order valence-corrected chi connectivity index (χ2v) is 6.77. The fraction of sp³-hybridized carbons (Fsp3) is 0. The smallest absolute Gasteiger partial charge is 0.159 e. The first kappa shape index (κ1) is 14.6. The number of nitrogens with zero attached hydrogens (tertiary/aromatic N) is 2. The van der Waals surface area contributed by atoms with Crippen LogP contribution in [0.5, 0.6) is 5.75 Å². The van der Waals surface area contributed by atoms with Crippen LogP contribution in [0.15, 0.2) is 21.1 Å². The summed E-state index contributed by atoms with van der Waals surface area (Å²) in [7, 11) is 0. The van der Waals surface area contributed by atoms with Crippen LogP contribution in [0.2, 0.25) is 15.1 Å². The molecule has 0 spiro atoms. The number of halogens is 5. The molecule has 102 valence electrons. The van der Waals surface area contributed by atoms with Gasteiger partial charge in [-0.2, -0.15) is 0 Å². The lowest BCUT2D eigenvalue weighted by Crippen LogP contribution is -1.92. The molecule has 0 bridgehead atoms. The third kappa shape index (κ3) is 2.16. The third-order valence-corrected chi connectivity index (χ3v) is 5.60. The first-order chi connectivity index (χ1) is 9.40. The number of aromatic nitrogens is 2. The molecule has 1 N–H and O–H groups in total. The molecule has 3 aromatic rings. The van der Waals surface area contributed by atoms with E-state index in [4.69, 9.17) is 34.8 Å². The molecule has 0 aliphatic heterocycles. The van der Waals surface area contributed by atoms with Crippen molar-refractivity contribution >= 4 is 88.7 Å². The van der Waals surface area contributed by atoms with E-state index in [1.165, 1.54) is 0 Å². The Labute approximate surface area is 145 Å². The van der Waals surface area contributed by atoms with Gasteiger partial charge in [0.05, 0.1) is 24.5 Å². The molecular weight excluding hydrogens is 454 g/mol. The van der Waals surface area contributed by atoms with E-state index in [0.717, 1.165) is 0 Å². The Hall–Kier alpha value is -0.330. The molecule has 3 nitrogen and oxygen atoms in total. The van der Waals surface area contributed by atoms with Crippen molar-refractivity contribution in [2.24, 2.45) is 0 Å². The number of hydrogen-bond donors (Lipinski definition) is 1. The quantitative estimate of drug-likeness (QED) is 0.334. The summed E-state index contributed by atoms with van der Waals surface area (Å²) >= 11 is 24.7. The molecule has 20 heavy (non-hydrogen) atoms. The van der Waals surface area contributed by atoms with E-state index in [0.29, 0.717) is 46.1 Å². The van der Waals surface area contributed by atoms with Gasteiger partial charge in [0.2, 0.25) is 0 Å². The Morgan fingerprint density at radius 1 is 0.900 bits per heavy atom. The van der Waals surface area contributed by atoms with Crippen LogP contribution >= 0.6 is 66.7 Å². The Balaban J connectivity index is 2.58. The van der Waals surface area contributed by atoms with Gasteiger partial charge < -0.3 is 5.11 Å². The van der Waals surface area contributed by atoms with Gasteiger partial charge in [0.1, 0.15) is 16.6 Å². The highest BCUT2D eigenvalue weighted by atomic mass is 79.9. The molecule has 0 amide bonds. The van der Waals surface area contributed by atoms with Gasteiger partial charge in [-0.25, -0.2) is 9.97 Å². The summed E-state index contributed by atoms with van der Waals surface area (Å²) in [6, 6.07) is 3.21. The van der Waals surface area contributed by atoms with E-state index in [2.05, 4.69) is 41.8 Å². The fourth-order valence-corrected chi connectivity index (χ4v) is 3.64. The number of aromatic hydroxyl groups is 1. The molecule has 0 atom stereocenters. The summed E-state index contributed by atoms with van der Waals surface area (Å²) in [5.74, 6) is -0.0845. The zero-order chi connectivity index (χ0) is 14.6. The van der Waals surface area contributed by atoms with Crippen LogP contribution in [0, 0.1) is 0 Å². The van der Waals surface area contributed by atoms with E-state index in [1.807, 2.05) is 0 Å². The van der Waals surface area contributed by atoms with Gasteiger partial charge in [-0.1, -0.05) is 34.8 Å². The molecular formula is C12H3Br2Cl3N2O. The third-order valence-electron chi connectivity index (χ3n) is 2.71. The molecule has 2 aromatic carbocycles. The zero-order valence-corrected chi connectivity index (χ0v) is 14.8. The Bertz CT molecular complexity index is 886. The van der Waals surface area contributed by atoms with Crippen LogP contribution in [0.3, 0.4) is 0 Å². The minimum atomic E-state index is -0.0845. The van der Waals surface area contributed by atoms with Crippen molar-refractivity contribution in [3.8, 4) is 5.75 Å². The topological polar surface area (TPSA) is 46.0 Å². The van der Waals surface area contributed by atoms with Crippen LogP contribution in [0.1, 0.15) is 0 Å². The predicted octanol–water partition coefficient (Wildman–Crippen LogP) is 5.97. The summed E-state index contributed by atoms with van der Waals surface area (Å²) in [5.41, 5.74) is 1.71. The predicted molar refractivity (Wildman–Crippen MR) is 89.1 cm³/mol. The Kier molecular flexibility index (Phi) is 3.75. The molecule has 0 saturated carbocycles. The van der Waals surface area contributed by atoms with Crippen LogP contribution in [-0.4, -0.2) is 15.1 Å². The number of phenols is 1. The fourth-order valence-electron chi connectivity index (χ4n) is 1.81. The van der Waals surface area contributed by atoms with Gasteiger partial charge >= 0.3 is 0 Å². The molecule has 0 unspecified atom stereocenters. The normalized spacial score (nSPS) is 11.4. The van der Waals surface area contributed by atoms with E-state index in [1.54, 1.807) is 12.1 Å². The minimum absolute atomic E-state index is 0.0845. The molecule has 0 fully saturated rings. The average molecular weight is 457 g/mol. The summed E-state index contributed by atoms with van der Waals surface area (Å²) in [6.07, 6.45) is 0. The molecule has 0 aliphatic carbocycles. The van der Waals surface area contributed by atoms with E-state index in [-0.39, 0.29) is 5.75 Å². The largest absolute Gasteiger partial charge is 0.504 e. The van der Waals surface area contributed by atoms with Crippen molar-refractivity contribution in [2.45, 2.75) is 0 Å². The van der Waals surface area contributed by atoms with Gasteiger partial charge in [-0.05, 0) is 44.0 Å². The van der Waals surface area contributed by atoms with E-state index in [9.17, 15) is 5.11 Å². The van der Waals surface area contributed by atoms with Gasteiger partial charge in [-0.3, -0.25) is 0 Å². The highest BCUT2D eigenvalue weighted by Gasteiger charge is 2.18. The van der Waals surface area contributed by atoms with Gasteiger partial charge in [-0.15, -0.1) is 0 Å². The highest BCUT2D eigenvalue weighted by Crippen LogP contribution is 2.43. The Morgan fingerprint density at radius 2 is 1.60 bits per heavy atom. The minimum Gasteiger partial charge on any atom is -0.504 e. The second kappa shape index (κ2) is 5.14. The number of hydrogen-bond acceptors (Lipinski definition) is 3. The summed E-state index contributed by atoms with van der Waals surface area (Å²) < 4.78 is 0.875. The van der Waals surface area contributed by atoms with Crippen molar-refractivity contribution in [1.82, 2.24) is 9.97 Å². The molecule has 3 rings (SSSR count). The number of fused-ring (bicyclic) bond motifs is 2. The highest BCUT2D eigenvalue weighted by molar-refractivity contribution is 9.11. The maximum atomic E-state index is 10.1. The zero-order valence-electron chi connectivity index (χ0n) is 9.39. The second-order valence-electron chi connectivity index (χ2n) is 3.97. The van der Waals surface area contributed by atoms with Crippen molar-refractivity contribution in [2.75, 3.05) is 0 Å². The van der Waals surface area contributed by atoms with E-state index >= 15 is 0 Å². The van der Waals surface area contributed by atoms with Crippen molar-refractivity contribution < 1.29 is 5.11 Å². The van der Waals surface area contributed by atoms with Crippen LogP contribution < -0.4 is 0 Å². The monoisotopic (exact) mass is 454 g/mol. The standard InChI is InChI=1S/C12H3Br2Cl3N2O/c13-6-8(17)7(14)12(20)11-10(6)19-9-4(16)1-3(15)2-5(9)18-11/h1-2,20H. The number of rotatable bonds is 0. The van der Waals surface area contributed by atoms with Crippen LogP contribution in [0.25, 0.3) is 22.1 Å². The van der Waals surface area contributed by atoms with Crippen molar-refractivity contribution in [3.05, 3.63) is 36.1 Å². The molecule has 1 aromatic heterocycles. The SMILES string of the molecule is Oc1c(Br)c(Cl)c(Br)c2nc3c(Cl)cc(Cl)cc3nc12. The van der Waals surface area contributed by atoms with Crippen molar-refractivity contribution in [3.63, 3.8) is 0 Å². The number of benzene rings is 2. The van der Waals surface area contributed by atoms with Crippen LogP contribution in [0.4, 0.5) is 0 Å². The van der Waals surface area contributed by atoms with Crippen molar-refractivity contribution in [1.29, 1.82) is 0 Å². The summed E-state index contributed by atoms with van der Waals surface area (Å²) in [6.45, 7) is 0.